The molecule has 0 N–H and O–H groups in total. The Morgan fingerprint density at radius 1 is 1.03 bits per heavy atom. The zero-order chi connectivity index (χ0) is 20.6. The summed E-state index contributed by atoms with van der Waals surface area (Å²) in [7, 11) is -2.30. The van der Waals surface area contributed by atoms with E-state index >= 15 is 0 Å². The zero-order valence-corrected chi connectivity index (χ0v) is 17.2. The van der Waals surface area contributed by atoms with Gasteiger partial charge in [-0.05, 0) is 49.1 Å². The van der Waals surface area contributed by atoms with Crippen LogP contribution in [0.25, 0.3) is 0 Å². The van der Waals surface area contributed by atoms with Crippen LogP contribution in [-0.2, 0) is 16.4 Å². The van der Waals surface area contributed by atoms with Crippen LogP contribution < -0.4 is 9.04 Å². The summed E-state index contributed by atoms with van der Waals surface area (Å²) >= 11 is 0. The first kappa shape index (κ1) is 19.5. The molecule has 0 atom stereocenters. The number of likely N-dealkylation sites (tertiary alicyclic amines) is 1. The van der Waals surface area contributed by atoms with E-state index < -0.39 is 10.0 Å². The molecule has 0 radical (unpaired) electrons. The lowest BCUT2D eigenvalue weighted by atomic mass is 10.0. The van der Waals surface area contributed by atoms with Crippen molar-refractivity contribution in [3.63, 3.8) is 0 Å². The van der Waals surface area contributed by atoms with E-state index in [-0.39, 0.29) is 16.4 Å². The minimum atomic E-state index is -3.78. The molecule has 0 bridgehead atoms. The number of nitrogens with zero attached hydrogens (tertiary/aromatic N) is 2. The van der Waals surface area contributed by atoms with E-state index in [1.807, 2.05) is 24.3 Å². The molecule has 2 heterocycles. The minimum absolute atomic E-state index is 0.0970. The average Bonchev–Trinajstić information content (AvgIpc) is 3.18. The van der Waals surface area contributed by atoms with Crippen LogP contribution >= 0.6 is 0 Å². The maximum absolute atomic E-state index is 13.3. The first-order chi connectivity index (χ1) is 13.9. The highest BCUT2D eigenvalue weighted by molar-refractivity contribution is 7.92. The van der Waals surface area contributed by atoms with E-state index in [4.69, 9.17) is 4.74 Å². The van der Waals surface area contributed by atoms with Gasteiger partial charge in [0.1, 0.15) is 5.75 Å². The third kappa shape index (κ3) is 3.51. The molecule has 7 heteroatoms. The number of anilines is 1. The predicted molar refractivity (Wildman–Crippen MR) is 112 cm³/mol. The summed E-state index contributed by atoms with van der Waals surface area (Å²) in [4.78, 5) is 14.9. The molecule has 152 valence electrons. The molecular formula is C22H24N2O4S. The van der Waals surface area contributed by atoms with Crippen molar-refractivity contribution in [3.05, 3.63) is 65.7 Å². The molecule has 2 aromatic rings. The van der Waals surface area contributed by atoms with E-state index in [1.54, 1.807) is 11.0 Å². The molecule has 4 rings (SSSR count). The molecular weight excluding hydrogens is 388 g/mol. The summed E-state index contributed by atoms with van der Waals surface area (Å²) in [5, 5.41) is 0. The van der Waals surface area contributed by atoms with Gasteiger partial charge in [0, 0.05) is 19.6 Å². The van der Waals surface area contributed by atoms with Gasteiger partial charge < -0.3 is 9.64 Å². The number of ether oxygens (including phenoxy) is 1. The topological polar surface area (TPSA) is 66.9 Å². The van der Waals surface area contributed by atoms with Crippen LogP contribution in [0.1, 0.15) is 28.8 Å². The van der Waals surface area contributed by atoms with Gasteiger partial charge >= 0.3 is 0 Å². The van der Waals surface area contributed by atoms with Crippen molar-refractivity contribution < 1.29 is 17.9 Å². The summed E-state index contributed by atoms with van der Waals surface area (Å²) in [5.74, 6) is 0.161. The Hall–Kier alpha value is -2.80. The number of amides is 1. The lowest BCUT2D eigenvalue weighted by Gasteiger charge is -2.29. The number of hydrogen-bond acceptors (Lipinski definition) is 4. The van der Waals surface area contributed by atoms with E-state index in [2.05, 4.69) is 6.58 Å². The fourth-order valence-corrected chi connectivity index (χ4v) is 5.43. The second-order valence-corrected chi connectivity index (χ2v) is 9.22. The van der Waals surface area contributed by atoms with Crippen LogP contribution in [0.2, 0.25) is 0 Å². The number of para-hydroxylation sites is 1. The first-order valence-electron chi connectivity index (χ1n) is 9.66. The van der Waals surface area contributed by atoms with Crippen molar-refractivity contribution in [2.45, 2.75) is 24.2 Å². The van der Waals surface area contributed by atoms with Gasteiger partial charge in [-0.3, -0.25) is 9.10 Å². The fourth-order valence-electron chi connectivity index (χ4n) is 3.90. The summed E-state index contributed by atoms with van der Waals surface area (Å²) in [6.07, 6.45) is 2.20. The van der Waals surface area contributed by atoms with Crippen molar-refractivity contribution in [2.24, 2.45) is 0 Å². The number of carbonyl (C=O) groups is 1. The first-order valence-corrected chi connectivity index (χ1v) is 11.1. The Labute approximate surface area is 171 Å². The summed E-state index contributed by atoms with van der Waals surface area (Å²) in [5.41, 5.74) is 3.11. The molecule has 0 spiro atoms. The summed E-state index contributed by atoms with van der Waals surface area (Å²) in [6.45, 7) is 5.53. The number of sulfonamides is 1. The van der Waals surface area contributed by atoms with Gasteiger partial charge in [-0.15, -0.1) is 0 Å². The van der Waals surface area contributed by atoms with Gasteiger partial charge in [-0.25, -0.2) is 8.42 Å². The Kier molecular flexibility index (Phi) is 5.08. The van der Waals surface area contributed by atoms with Crippen molar-refractivity contribution in [1.29, 1.82) is 0 Å². The second-order valence-electron chi connectivity index (χ2n) is 7.36. The molecule has 6 nitrogen and oxygen atoms in total. The largest absolute Gasteiger partial charge is 0.496 e. The minimum Gasteiger partial charge on any atom is -0.496 e. The molecule has 0 saturated carbocycles. The molecule has 2 aliphatic heterocycles. The van der Waals surface area contributed by atoms with E-state index in [9.17, 15) is 13.2 Å². The predicted octanol–water partition coefficient (Wildman–Crippen LogP) is 3.24. The van der Waals surface area contributed by atoms with Crippen molar-refractivity contribution in [2.75, 3.05) is 31.0 Å². The van der Waals surface area contributed by atoms with Gasteiger partial charge in [-0.2, -0.15) is 0 Å². The van der Waals surface area contributed by atoms with E-state index in [0.717, 1.165) is 24.0 Å². The highest BCUT2D eigenvalue weighted by Crippen LogP contribution is 2.34. The van der Waals surface area contributed by atoms with E-state index in [1.165, 1.54) is 23.5 Å². The summed E-state index contributed by atoms with van der Waals surface area (Å²) in [6, 6.07) is 12.0. The Morgan fingerprint density at radius 3 is 2.48 bits per heavy atom. The summed E-state index contributed by atoms with van der Waals surface area (Å²) < 4.78 is 33.5. The van der Waals surface area contributed by atoms with Gasteiger partial charge in [0.05, 0.1) is 23.3 Å². The molecule has 29 heavy (non-hydrogen) atoms. The molecule has 1 amide bonds. The quantitative estimate of drug-likeness (QED) is 0.723. The van der Waals surface area contributed by atoms with Crippen LogP contribution in [-0.4, -0.2) is 46.0 Å². The van der Waals surface area contributed by atoms with Gasteiger partial charge in [0.25, 0.3) is 15.9 Å². The van der Waals surface area contributed by atoms with Crippen LogP contribution in [0.4, 0.5) is 5.69 Å². The molecule has 1 saturated heterocycles. The molecule has 2 aromatic carbocycles. The highest BCUT2D eigenvalue weighted by Gasteiger charge is 2.32. The average molecular weight is 413 g/mol. The maximum Gasteiger partial charge on any atom is 0.264 e. The lowest BCUT2D eigenvalue weighted by molar-refractivity contribution is 0.0740. The monoisotopic (exact) mass is 412 g/mol. The number of carbonyl (C=O) groups excluding carboxylic acids is 1. The van der Waals surface area contributed by atoms with Crippen LogP contribution in [0.3, 0.4) is 0 Å². The number of methoxy groups -OCH3 is 1. The SMILES string of the molecule is C=C1CCN(C(=O)c2cc(S(=O)(=O)N3CCc4ccccc43)ccc2OC)CC1. The number of rotatable bonds is 4. The van der Waals surface area contributed by atoms with Crippen LogP contribution in [0, 0.1) is 0 Å². The zero-order valence-electron chi connectivity index (χ0n) is 16.4. The molecule has 0 aliphatic carbocycles. The van der Waals surface area contributed by atoms with Gasteiger partial charge in [0.15, 0.2) is 0 Å². The maximum atomic E-state index is 13.3. The molecule has 0 aromatic heterocycles. The third-order valence-electron chi connectivity index (χ3n) is 5.59. The highest BCUT2D eigenvalue weighted by atomic mass is 32.2. The third-order valence-corrected chi connectivity index (χ3v) is 7.40. The Morgan fingerprint density at radius 2 is 1.76 bits per heavy atom. The van der Waals surface area contributed by atoms with Gasteiger partial charge in [0.2, 0.25) is 0 Å². The smallest absolute Gasteiger partial charge is 0.264 e. The Bertz CT molecular complexity index is 1070. The van der Waals surface area contributed by atoms with Crippen molar-refractivity contribution in [1.82, 2.24) is 4.90 Å². The Balaban J connectivity index is 1.69. The normalized spacial score (nSPS) is 16.7. The molecule has 0 unspecified atom stereocenters. The number of piperidine rings is 1. The number of benzene rings is 2. The van der Waals surface area contributed by atoms with Crippen LogP contribution in [0.15, 0.2) is 59.5 Å². The molecule has 1 fully saturated rings. The van der Waals surface area contributed by atoms with Crippen LogP contribution in [0.5, 0.6) is 5.75 Å². The standard InChI is InChI=1S/C22H24N2O4S/c1-16-9-12-23(13-10-16)22(25)19-15-18(7-8-21(19)28-2)29(26,27)24-14-11-17-5-3-4-6-20(17)24/h3-8,15H,1,9-14H2,2H3. The second kappa shape index (κ2) is 7.55. The van der Waals surface area contributed by atoms with Crippen molar-refractivity contribution >= 4 is 21.6 Å². The number of fused-ring (bicyclic) bond motifs is 1. The lowest BCUT2D eigenvalue weighted by Crippen LogP contribution is -2.36. The van der Waals surface area contributed by atoms with Gasteiger partial charge in [-0.1, -0.05) is 30.4 Å². The fraction of sp³-hybridized carbons (Fsp3) is 0.318. The number of hydrogen-bond donors (Lipinski definition) is 0. The van der Waals surface area contributed by atoms with Crippen molar-refractivity contribution in [3.8, 4) is 5.75 Å². The van der Waals surface area contributed by atoms with E-state index in [0.29, 0.717) is 37.5 Å². The molecule has 2 aliphatic rings.